The highest BCUT2D eigenvalue weighted by molar-refractivity contribution is 5.87. The van der Waals surface area contributed by atoms with Crippen LogP contribution in [-0.2, 0) is 16.0 Å². The van der Waals surface area contributed by atoms with Crippen molar-refractivity contribution in [3.8, 4) is 11.5 Å². The number of nitrogens with zero attached hydrogens (tertiary/aromatic N) is 2. The highest BCUT2D eigenvalue weighted by Gasteiger charge is 2.35. The zero-order chi connectivity index (χ0) is 24.6. The summed E-state index contributed by atoms with van der Waals surface area (Å²) in [5.41, 5.74) is 2.01. The van der Waals surface area contributed by atoms with Gasteiger partial charge in [0.1, 0.15) is 17.5 Å². The molecule has 35 heavy (non-hydrogen) atoms. The van der Waals surface area contributed by atoms with Gasteiger partial charge in [0.2, 0.25) is 5.91 Å². The van der Waals surface area contributed by atoms with Gasteiger partial charge in [-0.3, -0.25) is 4.79 Å². The van der Waals surface area contributed by atoms with Crippen molar-refractivity contribution in [2.75, 3.05) is 51.3 Å². The summed E-state index contributed by atoms with van der Waals surface area (Å²) in [6.07, 6.45) is 4.02. The van der Waals surface area contributed by atoms with Crippen LogP contribution in [0.3, 0.4) is 0 Å². The van der Waals surface area contributed by atoms with Crippen molar-refractivity contribution in [1.29, 1.82) is 0 Å². The topological polar surface area (TPSA) is 91.3 Å². The molecule has 0 bridgehead atoms. The van der Waals surface area contributed by atoms with Gasteiger partial charge in [-0.25, -0.2) is 4.79 Å². The summed E-state index contributed by atoms with van der Waals surface area (Å²) < 4.78 is 10.6. The molecule has 2 saturated heterocycles. The van der Waals surface area contributed by atoms with Crippen molar-refractivity contribution in [2.24, 2.45) is 5.92 Å². The number of nitrogens with one attached hydrogen (secondary N) is 1. The average molecular weight is 482 g/mol. The molecule has 0 saturated carbocycles. The molecule has 2 aliphatic heterocycles. The van der Waals surface area contributed by atoms with E-state index in [1.165, 1.54) is 12.8 Å². The van der Waals surface area contributed by atoms with Gasteiger partial charge in [0.05, 0.1) is 7.11 Å². The lowest BCUT2D eigenvalue weighted by atomic mass is 9.94. The van der Waals surface area contributed by atoms with Crippen LogP contribution in [0.5, 0.6) is 11.5 Å². The molecular weight excluding hydrogens is 446 g/mol. The quantitative estimate of drug-likeness (QED) is 0.539. The van der Waals surface area contributed by atoms with Crippen LogP contribution in [0.2, 0.25) is 0 Å². The van der Waals surface area contributed by atoms with E-state index in [0.29, 0.717) is 24.6 Å². The minimum atomic E-state index is -1.01. The van der Waals surface area contributed by atoms with Crippen molar-refractivity contribution in [3.63, 3.8) is 0 Å². The zero-order valence-electron chi connectivity index (χ0n) is 20.3. The van der Waals surface area contributed by atoms with Crippen LogP contribution in [0.4, 0.5) is 5.69 Å². The molecule has 1 amide bonds. The fraction of sp³-hybridized carbons (Fsp3) is 0.481. The van der Waals surface area contributed by atoms with Gasteiger partial charge in [0, 0.05) is 31.7 Å². The van der Waals surface area contributed by atoms with Gasteiger partial charge in [0.15, 0.2) is 6.61 Å². The molecule has 1 unspecified atom stereocenters. The van der Waals surface area contributed by atoms with Gasteiger partial charge in [-0.15, -0.1) is 0 Å². The van der Waals surface area contributed by atoms with Crippen molar-refractivity contribution in [1.82, 2.24) is 10.2 Å². The number of methoxy groups -OCH3 is 1. The standard InChI is InChI=1S/C27H35N3O5/c1-34-23-6-2-21(3-7-23)18-25-27(33)29(15-12-20-10-13-28-14-11-20)16-17-30(25)22-4-8-24(9-5-22)35-19-26(31)32/h2-9,20,25,28H,10-19H2,1H3,(H,31,32). The van der Waals surface area contributed by atoms with Gasteiger partial charge in [0.25, 0.3) is 0 Å². The van der Waals surface area contributed by atoms with Crippen LogP contribution in [0.25, 0.3) is 0 Å². The van der Waals surface area contributed by atoms with E-state index in [0.717, 1.165) is 49.6 Å². The smallest absolute Gasteiger partial charge is 0.341 e. The Labute approximate surface area is 206 Å². The molecule has 4 rings (SSSR count). The molecule has 2 aromatic carbocycles. The fourth-order valence-corrected chi connectivity index (χ4v) is 4.94. The van der Waals surface area contributed by atoms with E-state index >= 15 is 0 Å². The third kappa shape index (κ3) is 6.66. The highest BCUT2D eigenvalue weighted by Crippen LogP contribution is 2.27. The lowest BCUT2D eigenvalue weighted by Crippen LogP contribution is -2.58. The molecule has 188 valence electrons. The number of carboxylic acid groups (broad SMARTS) is 1. The predicted octanol–water partition coefficient (Wildman–Crippen LogP) is 2.81. The van der Waals surface area contributed by atoms with Gasteiger partial charge < -0.3 is 29.7 Å². The maximum absolute atomic E-state index is 13.7. The first-order chi connectivity index (χ1) is 17.0. The van der Waals surface area contributed by atoms with Crippen LogP contribution in [0.15, 0.2) is 48.5 Å². The maximum atomic E-state index is 13.7. The second-order valence-electron chi connectivity index (χ2n) is 9.25. The van der Waals surface area contributed by atoms with Crippen LogP contribution in [0.1, 0.15) is 24.8 Å². The number of anilines is 1. The van der Waals surface area contributed by atoms with Gasteiger partial charge >= 0.3 is 5.97 Å². The number of benzene rings is 2. The van der Waals surface area contributed by atoms with Crippen LogP contribution >= 0.6 is 0 Å². The van der Waals surface area contributed by atoms with E-state index in [4.69, 9.17) is 14.6 Å². The zero-order valence-corrected chi connectivity index (χ0v) is 20.3. The number of carboxylic acids is 1. The number of hydrogen-bond acceptors (Lipinski definition) is 6. The maximum Gasteiger partial charge on any atom is 0.341 e. The molecule has 2 fully saturated rings. The largest absolute Gasteiger partial charge is 0.497 e. The summed E-state index contributed by atoms with van der Waals surface area (Å²) >= 11 is 0. The van der Waals surface area contributed by atoms with E-state index in [2.05, 4.69) is 10.2 Å². The minimum Gasteiger partial charge on any atom is -0.497 e. The Bertz CT molecular complexity index is 973. The number of amides is 1. The number of rotatable bonds is 10. The predicted molar refractivity (Wildman–Crippen MR) is 134 cm³/mol. The Morgan fingerprint density at radius 3 is 2.37 bits per heavy atom. The van der Waals surface area contributed by atoms with E-state index in [1.54, 1.807) is 19.2 Å². The molecule has 0 aliphatic carbocycles. The second kappa shape index (κ2) is 11.9. The lowest BCUT2D eigenvalue weighted by Gasteiger charge is -2.42. The Hall–Kier alpha value is -3.26. The summed E-state index contributed by atoms with van der Waals surface area (Å²) in [5.74, 6) is 1.11. The molecule has 2 N–H and O–H groups in total. The molecule has 0 spiro atoms. The van der Waals surface area contributed by atoms with Gasteiger partial charge in [-0.2, -0.15) is 0 Å². The number of aliphatic carboxylic acids is 1. The average Bonchev–Trinajstić information content (AvgIpc) is 2.89. The Morgan fingerprint density at radius 1 is 1.03 bits per heavy atom. The highest BCUT2D eigenvalue weighted by atomic mass is 16.5. The molecule has 8 heteroatoms. The summed E-state index contributed by atoms with van der Waals surface area (Å²) in [6, 6.07) is 14.9. The van der Waals surface area contributed by atoms with E-state index in [9.17, 15) is 9.59 Å². The molecule has 0 radical (unpaired) electrons. The van der Waals surface area contributed by atoms with Crippen molar-refractivity contribution < 1.29 is 24.2 Å². The number of carbonyl (C=O) groups is 2. The molecule has 8 nitrogen and oxygen atoms in total. The molecular formula is C27H35N3O5. The Morgan fingerprint density at radius 2 is 1.71 bits per heavy atom. The normalized spacial score (nSPS) is 19.0. The first-order valence-electron chi connectivity index (χ1n) is 12.4. The van der Waals surface area contributed by atoms with Gasteiger partial charge in [-0.05, 0) is 80.2 Å². The van der Waals surface area contributed by atoms with E-state index in [-0.39, 0.29) is 18.6 Å². The van der Waals surface area contributed by atoms with Crippen LogP contribution in [-0.4, -0.2) is 74.4 Å². The third-order valence-corrected chi connectivity index (χ3v) is 6.97. The molecule has 1 atom stereocenters. The minimum absolute atomic E-state index is 0.159. The summed E-state index contributed by atoms with van der Waals surface area (Å²) in [6.45, 7) is 4.00. The first kappa shape index (κ1) is 24.9. The molecule has 2 aromatic rings. The first-order valence-corrected chi connectivity index (χ1v) is 12.4. The number of piperidine rings is 1. The van der Waals surface area contributed by atoms with Crippen LogP contribution in [0, 0.1) is 5.92 Å². The molecule has 0 aromatic heterocycles. The van der Waals surface area contributed by atoms with E-state index in [1.807, 2.05) is 41.3 Å². The lowest BCUT2D eigenvalue weighted by molar-refractivity contribution is -0.139. The fourth-order valence-electron chi connectivity index (χ4n) is 4.94. The van der Waals surface area contributed by atoms with Crippen molar-refractivity contribution in [2.45, 2.75) is 31.7 Å². The number of hydrogen-bond donors (Lipinski definition) is 2. The monoisotopic (exact) mass is 481 g/mol. The van der Waals surface area contributed by atoms with E-state index < -0.39 is 5.97 Å². The third-order valence-electron chi connectivity index (χ3n) is 6.97. The SMILES string of the molecule is COc1ccc(CC2C(=O)N(CCC3CCNCC3)CCN2c2ccc(OCC(=O)O)cc2)cc1. The summed E-state index contributed by atoms with van der Waals surface area (Å²) in [7, 11) is 1.64. The summed E-state index contributed by atoms with van der Waals surface area (Å²) in [4.78, 5) is 28.7. The number of piperazine rings is 1. The molecule has 2 aliphatic rings. The number of ether oxygens (including phenoxy) is 2. The molecule has 2 heterocycles. The van der Waals surface area contributed by atoms with Crippen molar-refractivity contribution >= 4 is 17.6 Å². The Balaban J connectivity index is 1.49. The van der Waals surface area contributed by atoms with Crippen molar-refractivity contribution in [3.05, 3.63) is 54.1 Å². The summed E-state index contributed by atoms with van der Waals surface area (Å²) in [5, 5.41) is 12.2. The van der Waals surface area contributed by atoms with Gasteiger partial charge in [-0.1, -0.05) is 12.1 Å². The number of carbonyl (C=O) groups excluding carboxylic acids is 1. The Kier molecular flexibility index (Phi) is 8.47. The van der Waals surface area contributed by atoms with Crippen LogP contribution < -0.4 is 19.7 Å². The second-order valence-corrected chi connectivity index (χ2v) is 9.25.